The average molecular weight is 254 g/mol. The van der Waals surface area contributed by atoms with Crippen LogP contribution in [0.15, 0.2) is 0 Å². The summed E-state index contributed by atoms with van der Waals surface area (Å²) in [7, 11) is 2.26. The van der Waals surface area contributed by atoms with Crippen molar-refractivity contribution in [2.24, 2.45) is 11.3 Å². The molecule has 1 saturated carbocycles. The Bertz CT molecular complexity index is 245. The first-order valence-electron chi connectivity index (χ1n) is 7.55. The lowest BCUT2D eigenvalue weighted by molar-refractivity contribution is 0.0373. The normalized spacial score (nSPS) is 25.7. The smallest absolute Gasteiger partial charge is 0.0506 e. The monoisotopic (exact) mass is 254 g/mol. The maximum absolute atomic E-state index is 5.56. The van der Waals surface area contributed by atoms with Crippen LogP contribution in [0.25, 0.3) is 0 Å². The van der Waals surface area contributed by atoms with E-state index < -0.39 is 0 Å². The van der Waals surface area contributed by atoms with E-state index in [0.717, 1.165) is 31.7 Å². The molecular weight excluding hydrogens is 224 g/mol. The molecule has 1 N–H and O–H groups in total. The summed E-state index contributed by atoms with van der Waals surface area (Å²) < 4.78 is 5.56. The highest BCUT2D eigenvalue weighted by Crippen LogP contribution is 2.23. The summed E-state index contributed by atoms with van der Waals surface area (Å²) in [6.45, 7) is 10.2. The fraction of sp³-hybridized carbons (Fsp3) is 1.00. The van der Waals surface area contributed by atoms with Crippen molar-refractivity contribution in [3.05, 3.63) is 0 Å². The molecule has 3 heteroatoms. The lowest BCUT2D eigenvalue weighted by atomic mass is 9.92. The standard InChI is InChI=1S/C15H30N2O/c1-15(2,11-16-14-6-7-14)12-17(3)9-13-5-4-8-18-10-13/h13-14,16H,4-12H2,1-3H3. The zero-order valence-corrected chi connectivity index (χ0v) is 12.4. The van der Waals surface area contributed by atoms with Gasteiger partial charge < -0.3 is 15.0 Å². The van der Waals surface area contributed by atoms with Crippen LogP contribution < -0.4 is 5.32 Å². The van der Waals surface area contributed by atoms with Crippen LogP contribution >= 0.6 is 0 Å². The highest BCUT2D eigenvalue weighted by atomic mass is 16.5. The summed E-state index contributed by atoms with van der Waals surface area (Å²) >= 11 is 0. The zero-order chi connectivity index (χ0) is 13.0. The van der Waals surface area contributed by atoms with Gasteiger partial charge in [0.15, 0.2) is 0 Å². The van der Waals surface area contributed by atoms with E-state index in [4.69, 9.17) is 4.74 Å². The number of nitrogens with one attached hydrogen (secondary N) is 1. The SMILES string of the molecule is CN(CC1CCCOC1)CC(C)(C)CNC1CC1. The van der Waals surface area contributed by atoms with Gasteiger partial charge >= 0.3 is 0 Å². The molecule has 2 rings (SSSR count). The topological polar surface area (TPSA) is 24.5 Å². The molecule has 3 nitrogen and oxygen atoms in total. The molecule has 2 aliphatic rings. The van der Waals surface area contributed by atoms with E-state index in [1.165, 1.54) is 38.8 Å². The Kier molecular flexibility index (Phi) is 5.05. The summed E-state index contributed by atoms with van der Waals surface area (Å²) in [5, 5.41) is 3.65. The molecule has 0 radical (unpaired) electrons. The van der Waals surface area contributed by atoms with Gasteiger partial charge in [-0.15, -0.1) is 0 Å². The largest absolute Gasteiger partial charge is 0.381 e. The molecule has 0 aromatic rings. The first-order chi connectivity index (χ1) is 8.55. The average Bonchev–Trinajstić information content (AvgIpc) is 3.10. The quantitative estimate of drug-likeness (QED) is 0.753. The number of nitrogens with zero attached hydrogens (tertiary/aromatic N) is 1. The maximum Gasteiger partial charge on any atom is 0.0506 e. The van der Waals surface area contributed by atoms with E-state index in [2.05, 4.69) is 31.1 Å². The number of rotatable bonds is 7. The Balaban J connectivity index is 1.65. The van der Waals surface area contributed by atoms with E-state index in [-0.39, 0.29) is 0 Å². The second-order valence-corrected chi connectivity index (χ2v) is 7.10. The Morgan fingerprint density at radius 2 is 2.06 bits per heavy atom. The fourth-order valence-corrected chi connectivity index (χ4v) is 2.95. The van der Waals surface area contributed by atoms with Crippen molar-refractivity contribution < 1.29 is 4.74 Å². The van der Waals surface area contributed by atoms with Crippen LogP contribution in [0.5, 0.6) is 0 Å². The lowest BCUT2D eigenvalue weighted by Crippen LogP contribution is -2.42. The summed E-state index contributed by atoms with van der Waals surface area (Å²) in [5.41, 5.74) is 0.368. The van der Waals surface area contributed by atoms with E-state index in [9.17, 15) is 0 Å². The number of hydrogen-bond donors (Lipinski definition) is 1. The van der Waals surface area contributed by atoms with Crippen LogP contribution in [-0.2, 0) is 4.74 Å². The number of ether oxygens (including phenoxy) is 1. The third kappa shape index (κ3) is 5.25. The minimum atomic E-state index is 0.368. The minimum absolute atomic E-state index is 0.368. The predicted molar refractivity (Wildman–Crippen MR) is 75.8 cm³/mol. The van der Waals surface area contributed by atoms with Crippen molar-refractivity contribution in [2.75, 3.05) is 39.9 Å². The number of hydrogen-bond acceptors (Lipinski definition) is 3. The Morgan fingerprint density at radius 1 is 1.28 bits per heavy atom. The molecule has 1 unspecified atom stereocenters. The van der Waals surface area contributed by atoms with Crippen LogP contribution in [0.4, 0.5) is 0 Å². The molecule has 18 heavy (non-hydrogen) atoms. The second kappa shape index (κ2) is 6.36. The van der Waals surface area contributed by atoms with Gasteiger partial charge in [-0.25, -0.2) is 0 Å². The first-order valence-corrected chi connectivity index (χ1v) is 7.55. The van der Waals surface area contributed by atoms with Crippen molar-refractivity contribution in [1.82, 2.24) is 10.2 Å². The van der Waals surface area contributed by atoms with Crippen molar-refractivity contribution >= 4 is 0 Å². The lowest BCUT2D eigenvalue weighted by Gasteiger charge is -2.33. The van der Waals surface area contributed by atoms with Gasteiger partial charge in [0.1, 0.15) is 0 Å². The van der Waals surface area contributed by atoms with Crippen molar-refractivity contribution in [3.8, 4) is 0 Å². The van der Waals surface area contributed by atoms with Gasteiger partial charge in [0.05, 0.1) is 6.61 Å². The highest BCUT2D eigenvalue weighted by Gasteiger charge is 2.26. The molecule has 0 bridgehead atoms. The van der Waals surface area contributed by atoms with Gasteiger partial charge in [0.25, 0.3) is 0 Å². The maximum atomic E-state index is 5.56. The van der Waals surface area contributed by atoms with Crippen LogP contribution in [0.1, 0.15) is 39.5 Å². The van der Waals surface area contributed by atoms with Crippen molar-refractivity contribution in [2.45, 2.75) is 45.6 Å². The van der Waals surface area contributed by atoms with Gasteiger partial charge in [0.2, 0.25) is 0 Å². The van der Waals surface area contributed by atoms with Gasteiger partial charge in [-0.3, -0.25) is 0 Å². The van der Waals surface area contributed by atoms with Crippen LogP contribution in [0, 0.1) is 11.3 Å². The van der Waals surface area contributed by atoms with Crippen LogP contribution in [-0.4, -0.2) is 50.8 Å². The Hall–Kier alpha value is -0.120. The molecule has 0 aromatic heterocycles. The van der Waals surface area contributed by atoms with Crippen LogP contribution in [0.2, 0.25) is 0 Å². The molecule has 1 aliphatic heterocycles. The predicted octanol–water partition coefficient (Wildman–Crippen LogP) is 2.12. The molecule has 1 aliphatic carbocycles. The fourth-order valence-electron chi connectivity index (χ4n) is 2.95. The van der Waals surface area contributed by atoms with Crippen molar-refractivity contribution in [1.29, 1.82) is 0 Å². The van der Waals surface area contributed by atoms with Crippen molar-refractivity contribution in [3.63, 3.8) is 0 Å². The summed E-state index contributed by atoms with van der Waals surface area (Å²) in [6.07, 6.45) is 5.34. The minimum Gasteiger partial charge on any atom is -0.381 e. The van der Waals surface area contributed by atoms with Gasteiger partial charge in [-0.05, 0) is 44.1 Å². The molecule has 1 heterocycles. The molecule has 0 aromatic carbocycles. The molecule has 0 spiro atoms. The molecule has 1 atom stereocenters. The van der Waals surface area contributed by atoms with Gasteiger partial charge in [-0.2, -0.15) is 0 Å². The third-order valence-electron chi connectivity index (χ3n) is 3.97. The van der Waals surface area contributed by atoms with Gasteiger partial charge in [-0.1, -0.05) is 13.8 Å². The highest BCUT2D eigenvalue weighted by molar-refractivity contribution is 4.85. The molecule has 0 amide bonds. The zero-order valence-electron chi connectivity index (χ0n) is 12.4. The Labute approximate surface area is 112 Å². The summed E-state index contributed by atoms with van der Waals surface area (Å²) in [4.78, 5) is 2.49. The Morgan fingerprint density at radius 3 is 2.67 bits per heavy atom. The van der Waals surface area contributed by atoms with E-state index in [1.807, 2.05) is 0 Å². The van der Waals surface area contributed by atoms with Gasteiger partial charge in [0, 0.05) is 32.3 Å². The molecule has 1 saturated heterocycles. The molecule has 106 valence electrons. The second-order valence-electron chi connectivity index (χ2n) is 7.10. The molecule has 2 fully saturated rings. The summed E-state index contributed by atoms with van der Waals surface area (Å²) in [6, 6.07) is 0.821. The van der Waals surface area contributed by atoms with E-state index in [0.29, 0.717) is 5.41 Å². The summed E-state index contributed by atoms with van der Waals surface area (Å²) in [5.74, 6) is 0.746. The van der Waals surface area contributed by atoms with Crippen LogP contribution in [0.3, 0.4) is 0 Å². The first kappa shape index (κ1) is 14.3. The van der Waals surface area contributed by atoms with E-state index >= 15 is 0 Å². The molecular formula is C15H30N2O. The third-order valence-corrected chi connectivity index (χ3v) is 3.97. The van der Waals surface area contributed by atoms with E-state index in [1.54, 1.807) is 0 Å².